The molecule has 0 aromatic heterocycles. The van der Waals surface area contributed by atoms with Crippen molar-refractivity contribution >= 4 is 17.7 Å². The first-order valence-electron chi connectivity index (χ1n) is 10.2. The second-order valence-electron chi connectivity index (χ2n) is 6.61. The number of nitrogens with one attached hydrogen (secondary N) is 3. The number of amides is 3. The summed E-state index contributed by atoms with van der Waals surface area (Å²) in [6.07, 6.45) is -0.916. The van der Waals surface area contributed by atoms with Gasteiger partial charge in [0.15, 0.2) is 23.0 Å². The Balaban J connectivity index is 1.46. The van der Waals surface area contributed by atoms with Crippen molar-refractivity contribution in [1.29, 1.82) is 0 Å². The highest BCUT2D eigenvalue weighted by Gasteiger charge is 2.27. The Bertz CT molecular complexity index is 980. The molecular formula is C22H25N3O7. The van der Waals surface area contributed by atoms with Crippen molar-refractivity contribution in [2.75, 3.05) is 26.4 Å². The Morgan fingerprint density at radius 2 is 1.69 bits per heavy atom. The van der Waals surface area contributed by atoms with E-state index in [9.17, 15) is 14.4 Å². The minimum absolute atomic E-state index is 0.00928. The minimum atomic E-state index is -0.916. The topological polar surface area (TPSA) is 124 Å². The molecule has 0 fully saturated rings. The van der Waals surface area contributed by atoms with Crippen LogP contribution in [0.5, 0.6) is 23.0 Å². The number of hydrazine groups is 1. The van der Waals surface area contributed by atoms with Crippen LogP contribution in [-0.4, -0.2) is 50.2 Å². The predicted octanol–water partition coefficient (Wildman–Crippen LogP) is 1.20. The maximum atomic E-state index is 12.4. The average Bonchev–Trinajstić information content (AvgIpc) is 2.82. The third kappa shape index (κ3) is 5.81. The zero-order chi connectivity index (χ0) is 22.9. The molecule has 0 aliphatic carbocycles. The first kappa shape index (κ1) is 22.7. The highest BCUT2D eigenvalue weighted by atomic mass is 16.6. The first-order valence-corrected chi connectivity index (χ1v) is 10.2. The van der Waals surface area contributed by atoms with Gasteiger partial charge in [0, 0.05) is 5.56 Å². The van der Waals surface area contributed by atoms with Crippen LogP contribution in [0.4, 0.5) is 0 Å². The number of carbonyl (C=O) groups excluding carboxylic acids is 3. The summed E-state index contributed by atoms with van der Waals surface area (Å²) in [5.41, 5.74) is 4.80. The van der Waals surface area contributed by atoms with Crippen LogP contribution in [0.2, 0.25) is 0 Å². The van der Waals surface area contributed by atoms with Gasteiger partial charge in [-0.15, -0.1) is 0 Å². The predicted molar refractivity (Wildman–Crippen MR) is 114 cm³/mol. The largest absolute Gasteiger partial charge is 0.490 e. The number of hydrogen-bond acceptors (Lipinski definition) is 7. The third-order valence-electron chi connectivity index (χ3n) is 4.34. The summed E-state index contributed by atoms with van der Waals surface area (Å²) in [5.74, 6) is 0.296. The molecule has 32 heavy (non-hydrogen) atoms. The molecule has 3 N–H and O–H groups in total. The summed E-state index contributed by atoms with van der Waals surface area (Å²) >= 11 is 0. The van der Waals surface area contributed by atoms with Crippen molar-refractivity contribution in [1.82, 2.24) is 16.2 Å². The quantitative estimate of drug-likeness (QED) is 0.524. The summed E-state index contributed by atoms with van der Waals surface area (Å²) in [4.78, 5) is 36.6. The molecule has 1 heterocycles. The minimum Gasteiger partial charge on any atom is -0.490 e. The standard InChI is InChI=1S/C22H25N3O7/c1-3-29-16-10-9-14(11-18(16)30-4-2)21(27)23-12-20(26)24-25-22(28)19-13-31-15-7-5-6-8-17(15)32-19/h5-11,19H,3-4,12-13H2,1-2H3,(H,23,27)(H,24,26)(H,25,28)/t19-/m1/s1. The van der Waals surface area contributed by atoms with E-state index in [-0.39, 0.29) is 13.2 Å². The molecule has 0 saturated carbocycles. The van der Waals surface area contributed by atoms with Crippen molar-refractivity contribution in [2.45, 2.75) is 20.0 Å². The van der Waals surface area contributed by atoms with Crippen LogP contribution < -0.4 is 35.1 Å². The molecule has 3 amide bonds. The van der Waals surface area contributed by atoms with Gasteiger partial charge in [-0.3, -0.25) is 25.2 Å². The highest BCUT2D eigenvalue weighted by Crippen LogP contribution is 2.31. The van der Waals surface area contributed by atoms with E-state index in [1.165, 1.54) is 0 Å². The highest BCUT2D eigenvalue weighted by molar-refractivity contribution is 5.97. The van der Waals surface area contributed by atoms with Crippen molar-refractivity contribution in [2.24, 2.45) is 0 Å². The molecule has 0 radical (unpaired) electrons. The SMILES string of the molecule is CCOc1ccc(C(=O)NCC(=O)NNC(=O)[C@H]2COc3ccccc3O2)cc1OCC. The normalized spacial score (nSPS) is 14.1. The zero-order valence-corrected chi connectivity index (χ0v) is 17.8. The van der Waals surface area contributed by atoms with E-state index in [0.717, 1.165) is 0 Å². The second kappa shape index (κ2) is 10.9. The number of ether oxygens (including phenoxy) is 4. The van der Waals surface area contributed by atoms with E-state index in [1.807, 2.05) is 13.8 Å². The van der Waals surface area contributed by atoms with Gasteiger partial charge in [0.25, 0.3) is 17.7 Å². The lowest BCUT2D eigenvalue weighted by molar-refractivity contribution is -0.134. The summed E-state index contributed by atoms with van der Waals surface area (Å²) < 4.78 is 22.0. The first-order chi connectivity index (χ1) is 15.5. The van der Waals surface area contributed by atoms with Gasteiger partial charge < -0.3 is 24.3 Å². The van der Waals surface area contributed by atoms with Gasteiger partial charge in [-0.05, 0) is 44.2 Å². The fourth-order valence-electron chi connectivity index (χ4n) is 2.86. The van der Waals surface area contributed by atoms with Gasteiger partial charge in [0.1, 0.15) is 6.61 Å². The molecule has 1 aliphatic rings. The molecule has 170 valence electrons. The molecule has 10 heteroatoms. The fourth-order valence-corrected chi connectivity index (χ4v) is 2.86. The summed E-state index contributed by atoms with van der Waals surface area (Å²) in [6, 6.07) is 11.7. The van der Waals surface area contributed by atoms with Gasteiger partial charge in [-0.2, -0.15) is 0 Å². The Labute approximate surface area is 185 Å². The third-order valence-corrected chi connectivity index (χ3v) is 4.34. The van der Waals surface area contributed by atoms with Crippen molar-refractivity contribution < 1.29 is 33.3 Å². The van der Waals surface area contributed by atoms with Crippen LogP contribution in [-0.2, 0) is 9.59 Å². The van der Waals surface area contributed by atoms with Crippen LogP contribution >= 0.6 is 0 Å². The fraction of sp³-hybridized carbons (Fsp3) is 0.318. The average molecular weight is 443 g/mol. The van der Waals surface area contributed by atoms with E-state index in [2.05, 4.69) is 16.2 Å². The molecule has 2 aromatic rings. The Kier molecular flexibility index (Phi) is 7.74. The monoisotopic (exact) mass is 443 g/mol. The van der Waals surface area contributed by atoms with Crippen LogP contribution in [0, 0.1) is 0 Å². The zero-order valence-electron chi connectivity index (χ0n) is 17.8. The summed E-state index contributed by atoms with van der Waals surface area (Å²) in [7, 11) is 0. The summed E-state index contributed by atoms with van der Waals surface area (Å²) in [6.45, 7) is 4.21. The van der Waals surface area contributed by atoms with E-state index >= 15 is 0 Å². The lowest BCUT2D eigenvalue weighted by Gasteiger charge is -2.25. The lowest BCUT2D eigenvalue weighted by Crippen LogP contribution is -2.52. The second-order valence-corrected chi connectivity index (χ2v) is 6.61. The maximum absolute atomic E-state index is 12.4. The van der Waals surface area contributed by atoms with Gasteiger partial charge >= 0.3 is 0 Å². The van der Waals surface area contributed by atoms with Crippen LogP contribution in [0.1, 0.15) is 24.2 Å². The van der Waals surface area contributed by atoms with Gasteiger partial charge in [-0.25, -0.2) is 0 Å². The number of benzene rings is 2. The molecule has 2 aromatic carbocycles. The maximum Gasteiger partial charge on any atom is 0.283 e. The number of fused-ring (bicyclic) bond motifs is 1. The molecule has 1 aliphatic heterocycles. The molecule has 1 atom stereocenters. The van der Waals surface area contributed by atoms with E-state index in [4.69, 9.17) is 18.9 Å². The molecule has 0 bridgehead atoms. The Morgan fingerprint density at radius 3 is 2.44 bits per heavy atom. The van der Waals surface area contributed by atoms with Crippen LogP contribution in [0.3, 0.4) is 0 Å². The van der Waals surface area contributed by atoms with Gasteiger partial charge in [0.2, 0.25) is 6.10 Å². The molecule has 3 rings (SSSR count). The molecule has 0 spiro atoms. The van der Waals surface area contributed by atoms with E-state index < -0.39 is 23.8 Å². The van der Waals surface area contributed by atoms with Crippen molar-refractivity contribution in [3.63, 3.8) is 0 Å². The Morgan fingerprint density at radius 1 is 0.969 bits per heavy atom. The molecular weight excluding hydrogens is 418 g/mol. The molecule has 0 unspecified atom stereocenters. The number of para-hydroxylation sites is 2. The van der Waals surface area contributed by atoms with Crippen LogP contribution in [0.25, 0.3) is 0 Å². The summed E-state index contributed by atoms with van der Waals surface area (Å²) in [5, 5.41) is 2.48. The van der Waals surface area contributed by atoms with Gasteiger partial charge in [-0.1, -0.05) is 12.1 Å². The van der Waals surface area contributed by atoms with Crippen molar-refractivity contribution in [3.05, 3.63) is 48.0 Å². The van der Waals surface area contributed by atoms with Crippen LogP contribution in [0.15, 0.2) is 42.5 Å². The van der Waals surface area contributed by atoms with Gasteiger partial charge in [0.05, 0.1) is 19.8 Å². The van der Waals surface area contributed by atoms with E-state index in [1.54, 1.807) is 42.5 Å². The molecule has 0 saturated heterocycles. The number of carbonyl (C=O) groups is 3. The molecule has 10 nitrogen and oxygen atoms in total. The van der Waals surface area contributed by atoms with E-state index in [0.29, 0.717) is 41.8 Å². The smallest absolute Gasteiger partial charge is 0.283 e. The number of rotatable bonds is 8. The Hall–Kier alpha value is -3.95. The number of hydrogen-bond donors (Lipinski definition) is 3. The van der Waals surface area contributed by atoms with Crippen molar-refractivity contribution in [3.8, 4) is 23.0 Å². The lowest BCUT2D eigenvalue weighted by atomic mass is 10.2.